The highest BCUT2D eigenvalue weighted by molar-refractivity contribution is 7.12. The van der Waals surface area contributed by atoms with Gasteiger partial charge in [0, 0.05) is 15.3 Å². The van der Waals surface area contributed by atoms with Gasteiger partial charge in [-0.1, -0.05) is 19.8 Å². The van der Waals surface area contributed by atoms with Crippen LogP contribution in [-0.2, 0) is 4.74 Å². The van der Waals surface area contributed by atoms with Crippen molar-refractivity contribution in [2.24, 2.45) is 11.8 Å². The molecule has 1 aliphatic rings. The van der Waals surface area contributed by atoms with E-state index >= 15 is 0 Å². The third-order valence-corrected chi connectivity index (χ3v) is 4.94. The van der Waals surface area contributed by atoms with Gasteiger partial charge in [-0.15, -0.1) is 11.3 Å². The summed E-state index contributed by atoms with van der Waals surface area (Å²) in [6, 6.07) is 1.98. The average Bonchev–Trinajstić information content (AvgIpc) is 2.68. The number of hydrogen-bond donors (Lipinski definition) is 0. The van der Waals surface area contributed by atoms with Crippen molar-refractivity contribution >= 4 is 17.1 Å². The first-order valence-corrected chi connectivity index (χ1v) is 8.06. The fourth-order valence-electron chi connectivity index (χ4n) is 3.01. The van der Waals surface area contributed by atoms with Gasteiger partial charge in [0.25, 0.3) is 0 Å². The predicted octanol–water partition coefficient (Wildman–Crippen LogP) is 4.39. The molecule has 0 bridgehead atoms. The van der Waals surface area contributed by atoms with E-state index < -0.39 is 0 Å². The maximum atomic E-state index is 12.1. The molecule has 2 nitrogen and oxygen atoms in total. The van der Waals surface area contributed by atoms with E-state index in [1.807, 2.05) is 19.9 Å². The van der Waals surface area contributed by atoms with Crippen molar-refractivity contribution < 1.29 is 9.53 Å². The molecule has 3 heteroatoms. The number of ether oxygens (including phenoxy) is 1. The summed E-state index contributed by atoms with van der Waals surface area (Å²) in [5, 5.41) is 0. The SMILES string of the molecule is Cc1cc(C(=O)COCC2CCCC(C)C2)c(C)s1. The van der Waals surface area contributed by atoms with E-state index in [0.29, 0.717) is 5.92 Å². The molecular weight excluding hydrogens is 256 g/mol. The quantitative estimate of drug-likeness (QED) is 0.748. The smallest absolute Gasteiger partial charge is 0.189 e. The topological polar surface area (TPSA) is 26.3 Å². The van der Waals surface area contributed by atoms with Gasteiger partial charge in [0.2, 0.25) is 0 Å². The maximum Gasteiger partial charge on any atom is 0.189 e. The number of ketones is 1. The van der Waals surface area contributed by atoms with Crippen molar-refractivity contribution in [3.63, 3.8) is 0 Å². The van der Waals surface area contributed by atoms with Crippen LogP contribution in [-0.4, -0.2) is 19.0 Å². The number of carbonyl (C=O) groups is 1. The first-order valence-electron chi connectivity index (χ1n) is 7.24. The molecule has 0 spiro atoms. The Hall–Kier alpha value is -0.670. The Balaban J connectivity index is 1.76. The second-order valence-electron chi connectivity index (χ2n) is 5.90. The Bertz CT molecular complexity index is 436. The fourth-order valence-corrected chi connectivity index (χ4v) is 3.96. The Kier molecular flexibility index (Phi) is 5.17. The first kappa shape index (κ1) is 14.7. The van der Waals surface area contributed by atoms with Gasteiger partial charge in [0.1, 0.15) is 6.61 Å². The molecule has 2 rings (SSSR count). The van der Waals surface area contributed by atoms with E-state index in [0.717, 1.165) is 23.0 Å². The minimum atomic E-state index is 0.130. The molecule has 0 aromatic carbocycles. The first-order chi connectivity index (χ1) is 9.06. The van der Waals surface area contributed by atoms with Crippen molar-refractivity contribution in [3.8, 4) is 0 Å². The van der Waals surface area contributed by atoms with Crippen LogP contribution in [0.15, 0.2) is 6.07 Å². The molecule has 106 valence electrons. The second kappa shape index (κ2) is 6.67. The van der Waals surface area contributed by atoms with E-state index in [1.54, 1.807) is 11.3 Å². The van der Waals surface area contributed by atoms with Crippen molar-refractivity contribution in [1.82, 2.24) is 0 Å². The number of hydrogen-bond acceptors (Lipinski definition) is 3. The lowest BCUT2D eigenvalue weighted by Crippen LogP contribution is -2.20. The molecule has 0 radical (unpaired) electrons. The zero-order valence-corrected chi connectivity index (χ0v) is 13.0. The van der Waals surface area contributed by atoms with Crippen LogP contribution in [0, 0.1) is 25.7 Å². The highest BCUT2D eigenvalue weighted by atomic mass is 32.1. The van der Waals surface area contributed by atoms with Gasteiger partial charge in [0.05, 0.1) is 6.61 Å². The van der Waals surface area contributed by atoms with E-state index in [-0.39, 0.29) is 12.4 Å². The number of rotatable bonds is 5. The molecule has 2 unspecified atom stereocenters. The number of Topliss-reactive ketones (excluding diaryl/α,β-unsaturated/α-hetero) is 1. The van der Waals surface area contributed by atoms with E-state index in [9.17, 15) is 4.79 Å². The lowest BCUT2D eigenvalue weighted by molar-refractivity contribution is 0.0594. The Morgan fingerprint density at radius 2 is 2.21 bits per heavy atom. The standard InChI is InChI=1S/C16H24O2S/c1-11-5-4-6-14(7-11)9-18-10-16(17)15-8-12(2)19-13(15)3/h8,11,14H,4-7,9-10H2,1-3H3. The number of aryl methyl sites for hydroxylation is 2. The van der Waals surface area contributed by atoms with Crippen LogP contribution in [0.1, 0.15) is 52.7 Å². The van der Waals surface area contributed by atoms with E-state index in [1.165, 1.54) is 30.6 Å². The third-order valence-electron chi connectivity index (χ3n) is 3.97. The Labute approximate surface area is 120 Å². The normalized spacial score (nSPS) is 23.5. The number of carbonyl (C=O) groups excluding carboxylic acids is 1. The highest BCUT2D eigenvalue weighted by Crippen LogP contribution is 2.28. The van der Waals surface area contributed by atoms with Gasteiger partial charge in [-0.25, -0.2) is 0 Å². The summed E-state index contributed by atoms with van der Waals surface area (Å²) in [4.78, 5) is 14.4. The van der Waals surface area contributed by atoms with Gasteiger partial charge < -0.3 is 4.74 Å². The lowest BCUT2D eigenvalue weighted by Gasteiger charge is -2.26. The molecule has 0 aliphatic heterocycles. The second-order valence-corrected chi connectivity index (χ2v) is 7.36. The fraction of sp³-hybridized carbons (Fsp3) is 0.688. The summed E-state index contributed by atoms with van der Waals surface area (Å²) >= 11 is 1.68. The monoisotopic (exact) mass is 280 g/mol. The predicted molar refractivity (Wildman–Crippen MR) is 80.1 cm³/mol. The zero-order valence-electron chi connectivity index (χ0n) is 12.2. The summed E-state index contributed by atoms with van der Waals surface area (Å²) in [6.45, 7) is 7.35. The molecule has 0 saturated heterocycles. The molecule has 1 aromatic rings. The van der Waals surface area contributed by atoms with Crippen LogP contribution in [0.25, 0.3) is 0 Å². The van der Waals surface area contributed by atoms with Gasteiger partial charge in [-0.2, -0.15) is 0 Å². The molecule has 1 aliphatic carbocycles. The van der Waals surface area contributed by atoms with E-state index in [4.69, 9.17) is 4.74 Å². The summed E-state index contributed by atoms with van der Waals surface area (Å²) in [7, 11) is 0. The van der Waals surface area contributed by atoms with Gasteiger partial charge in [-0.05, 0) is 44.6 Å². The summed E-state index contributed by atoms with van der Waals surface area (Å²) in [5.41, 5.74) is 0.847. The van der Waals surface area contributed by atoms with Crippen LogP contribution < -0.4 is 0 Å². The number of thiophene rings is 1. The van der Waals surface area contributed by atoms with E-state index in [2.05, 4.69) is 6.92 Å². The molecule has 0 N–H and O–H groups in total. The van der Waals surface area contributed by atoms with Gasteiger partial charge in [-0.3, -0.25) is 4.79 Å². The molecule has 2 atom stereocenters. The molecule has 1 fully saturated rings. The summed E-state index contributed by atoms with van der Waals surface area (Å²) < 4.78 is 5.66. The molecule has 1 aromatic heterocycles. The van der Waals surface area contributed by atoms with Crippen LogP contribution in [0.5, 0.6) is 0 Å². The minimum Gasteiger partial charge on any atom is -0.373 e. The van der Waals surface area contributed by atoms with Crippen molar-refractivity contribution in [2.75, 3.05) is 13.2 Å². The van der Waals surface area contributed by atoms with Crippen LogP contribution in [0.4, 0.5) is 0 Å². The Morgan fingerprint density at radius 1 is 1.42 bits per heavy atom. The summed E-state index contributed by atoms with van der Waals surface area (Å²) in [5.74, 6) is 1.60. The van der Waals surface area contributed by atoms with Crippen LogP contribution in [0.2, 0.25) is 0 Å². The molecule has 19 heavy (non-hydrogen) atoms. The van der Waals surface area contributed by atoms with Crippen molar-refractivity contribution in [1.29, 1.82) is 0 Å². The lowest BCUT2D eigenvalue weighted by atomic mass is 9.83. The highest BCUT2D eigenvalue weighted by Gasteiger charge is 2.19. The van der Waals surface area contributed by atoms with Crippen LogP contribution in [0.3, 0.4) is 0 Å². The van der Waals surface area contributed by atoms with Crippen molar-refractivity contribution in [3.05, 3.63) is 21.4 Å². The van der Waals surface area contributed by atoms with Crippen LogP contribution >= 0.6 is 11.3 Å². The zero-order chi connectivity index (χ0) is 13.8. The minimum absolute atomic E-state index is 0.130. The van der Waals surface area contributed by atoms with Gasteiger partial charge in [0.15, 0.2) is 5.78 Å². The van der Waals surface area contributed by atoms with Crippen molar-refractivity contribution in [2.45, 2.75) is 46.5 Å². The summed E-state index contributed by atoms with van der Waals surface area (Å²) in [6.07, 6.45) is 5.18. The average molecular weight is 280 g/mol. The largest absolute Gasteiger partial charge is 0.373 e. The molecular formula is C16H24O2S. The Morgan fingerprint density at radius 3 is 2.84 bits per heavy atom. The molecule has 1 heterocycles. The maximum absolute atomic E-state index is 12.1. The molecule has 0 amide bonds. The molecule has 1 saturated carbocycles. The third kappa shape index (κ3) is 4.15. The van der Waals surface area contributed by atoms with Gasteiger partial charge >= 0.3 is 0 Å².